The van der Waals surface area contributed by atoms with E-state index in [1.165, 1.54) is 0 Å². The van der Waals surface area contributed by atoms with E-state index in [1.807, 2.05) is 42.5 Å². The Bertz CT molecular complexity index is 1060. The van der Waals surface area contributed by atoms with Crippen molar-refractivity contribution in [2.45, 2.75) is 6.42 Å². The van der Waals surface area contributed by atoms with E-state index in [4.69, 9.17) is 4.74 Å². The molecule has 0 amide bonds. The largest absolute Gasteiger partial charge is 0.456 e. The fourth-order valence-electron chi connectivity index (χ4n) is 2.69. The number of imidazole rings is 1. The van der Waals surface area contributed by atoms with Gasteiger partial charge in [0.1, 0.15) is 23.4 Å². The number of H-pyrrole nitrogens is 1. The molecule has 0 fully saturated rings. The van der Waals surface area contributed by atoms with E-state index in [-0.39, 0.29) is 0 Å². The minimum atomic E-state index is 0.495. The average Bonchev–Trinajstić information content (AvgIpc) is 3.15. The number of nitrogens with zero attached hydrogens (tertiary/aromatic N) is 3. The molecule has 2 aromatic carbocycles. The minimum Gasteiger partial charge on any atom is -0.456 e. The lowest BCUT2D eigenvalue weighted by atomic mass is 10.1. The maximum absolute atomic E-state index is 9.36. The molecule has 5 nitrogen and oxygen atoms in total. The first-order chi connectivity index (χ1) is 12.3. The zero-order chi connectivity index (χ0) is 17.1. The molecule has 4 rings (SSSR count). The SMILES string of the molecule is N#Cc1ccc(Cc2ncc[nH]2)cc1Oc1ccc2ncccc2c1. The predicted molar refractivity (Wildman–Crippen MR) is 94.4 cm³/mol. The number of fused-ring (bicyclic) bond motifs is 1. The quantitative estimate of drug-likeness (QED) is 0.609. The zero-order valence-electron chi connectivity index (χ0n) is 13.3. The van der Waals surface area contributed by atoms with Crippen LogP contribution in [0.5, 0.6) is 11.5 Å². The fourth-order valence-corrected chi connectivity index (χ4v) is 2.69. The predicted octanol–water partition coefficient (Wildman–Crippen LogP) is 4.21. The highest BCUT2D eigenvalue weighted by molar-refractivity contribution is 5.79. The van der Waals surface area contributed by atoms with Crippen molar-refractivity contribution < 1.29 is 4.74 Å². The third-order valence-corrected chi connectivity index (χ3v) is 3.90. The van der Waals surface area contributed by atoms with Gasteiger partial charge in [-0.15, -0.1) is 0 Å². The molecule has 0 aliphatic rings. The first kappa shape index (κ1) is 14.9. The number of rotatable bonds is 4. The number of hydrogen-bond donors (Lipinski definition) is 1. The van der Waals surface area contributed by atoms with Crippen LogP contribution in [0.25, 0.3) is 10.9 Å². The van der Waals surface area contributed by atoms with Gasteiger partial charge in [-0.3, -0.25) is 4.98 Å². The van der Waals surface area contributed by atoms with Crippen LogP contribution in [0, 0.1) is 11.3 Å². The highest BCUT2D eigenvalue weighted by Gasteiger charge is 2.08. The molecule has 0 atom stereocenters. The lowest BCUT2D eigenvalue weighted by molar-refractivity contribution is 0.481. The van der Waals surface area contributed by atoms with Crippen LogP contribution in [0.4, 0.5) is 0 Å². The molecule has 25 heavy (non-hydrogen) atoms. The van der Waals surface area contributed by atoms with Crippen molar-refractivity contribution in [2.24, 2.45) is 0 Å². The van der Waals surface area contributed by atoms with Gasteiger partial charge in [-0.1, -0.05) is 12.1 Å². The molecule has 0 spiro atoms. The second-order valence-electron chi connectivity index (χ2n) is 5.61. The Labute approximate surface area is 144 Å². The summed E-state index contributed by atoms with van der Waals surface area (Å²) in [5, 5.41) is 10.3. The lowest BCUT2D eigenvalue weighted by Gasteiger charge is -2.10. The standard InChI is InChI=1S/C20H14N4O/c21-13-16-4-3-14(11-20-23-8-9-24-20)10-19(16)25-17-5-6-18-15(12-17)2-1-7-22-18/h1-10,12H,11H2,(H,23,24). The van der Waals surface area contributed by atoms with Crippen molar-refractivity contribution in [2.75, 3.05) is 0 Å². The topological polar surface area (TPSA) is 74.6 Å². The highest BCUT2D eigenvalue weighted by atomic mass is 16.5. The van der Waals surface area contributed by atoms with Gasteiger partial charge in [-0.2, -0.15) is 5.26 Å². The van der Waals surface area contributed by atoms with Crippen LogP contribution in [-0.2, 0) is 6.42 Å². The smallest absolute Gasteiger partial charge is 0.145 e. The van der Waals surface area contributed by atoms with Crippen molar-refractivity contribution in [1.29, 1.82) is 5.26 Å². The van der Waals surface area contributed by atoms with Gasteiger partial charge < -0.3 is 9.72 Å². The van der Waals surface area contributed by atoms with E-state index in [1.54, 1.807) is 24.7 Å². The van der Waals surface area contributed by atoms with E-state index in [0.29, 0.717) is 23.5 Å². The fraction of sp³-hybridized carbons (Fsp3) is 0.0500. The van der Waals surface area contributed by atoms with Crippen molar-refractivity contribution >= 4 is 10.9 Å². The summed E-state index contributed by atoms with van der Waals surface area (Å²) in [6.07, 6.45) is 5.92. The van der Waals surface area contributed by atoms with Crippen molar-refractivity contribution in [3.63, 3.8) is 0 Å². The maximum Gasteiger partial charge on any atom is 0.145 e. The van der Waals surface area contributed by atoms with E-state index in [0.717, 1.165) is 22.3 Å². The first-order valence-corrected chi connectivity index (χ1v) is 7.86. The number of pyridine rings is 1. The number of nitriles is 1. The van der Waals surface area contributed by atoms with Gasteiger partial charge in [0.2, 0.25) is 0 Å². The Morgan fingerprint density at radius 1 is 1.04 bits per heavy atom. The van der Waals surface area contributed by atoms with E-state index in [2.05, 4.69) is 21.0 Å². The van der Waals surface area contributed by atoms with E-state index >= 15 is 0 Å². The number of aromatic amines is 1. The normalized spacial score (nSPS) is 10.5. The third-order valence-electron chi connectivity index (χ3n) is 3.90. The van der Waals surface area contributed by atoms with Crippen LogP contribution >= 0.6 is 0 Å². The van der Waals surface area contributed by atoms with Crippen LogP contribution in [0.3, 0.4) is 0 Å². The summed E-state index contributed by atoms with van der Waals surface area (Å²) in [4.78, 5) is 11.6. The summed E-state index contributed by atoms with van der Waals surface area (Å²) >= 11 is 0. The number of benzene rings is 2. The van der Waals surface area contributed by atoms with Gasteiger partial charge in [0, 0.05) is 30.4 Å². The van der Waals surface area contributed by atoms with Gasteiger partial charge in [0.25, 0.3) is 0 Å². The van der Waals surface area contributed by atoms with Crippen LogP contribution in [-0.4, -0.2) is 15.0 Å². The molecule has 5 heteroatoms. The van der Waals surface area contributed by atoms with Gasteiger partial charge in [-0.05, 0) is 42.0 Å². The molecule has 0 aliphatic heterocycles. The van der Waals surface area contributed by atoms with Gasteiger partial charge in [0.15, 0.2) is 0 Å². The van der Waals surface area contributed by atoms with Crippen LogP contribution in [0.2, 0.25) is 0 Å². The number of nitrogens with one attached hydrogen (secondary N) is 1. The van der Waals surface area contributed by atoms with Crippen molar-refractivity contribution in [3.8, 4) is 17.6 Å². The Kier molecular flexibility index (Phi) is 3.85. The Balaban J connectivity index is 1.66. The number of hydrogen-bond acceptors (Lipinski definition) is 4. The Morgan fingerprint density at radius 3 is 2.84 bits per heavy atom. The van der Waals surface area contributed by atoms with Gasteiger partial charge >= 0.3 is 0 Å². The molecule has 0 unspecified atom stereocenters. The summed E-state index contributed by atoms with van der Waals surface area (Å²) in [6, 6.07) is 17.3. The zero-order valence-corrected chi connectivity index (χ0v) is 13.3. The first-order valence-electron chi connectivity index (χ1n) is 7.86. The second kappa shape index (κ2) is 6.46. The molecule has 2 aromatic heterocycles. The summed E-state index contributed by atoms with van der Waals surface area (Å²) in [6.45, 7) is 0. The van der Waals surface area contributed by atoms with Crippen molar-refractivity contribution in [1.82, 2.24) is 15.0 Å². The summed E-state index contributed by atoms with van der Waals surface area (Å²) < 4.78 is 5.99. The summed E-state index contributed by atoms with van der Waals surface area (Å²) in [5.74, 6) is 2.08. The van der Waals surface area contributed by atoms with E-state index < -0.39 is 0 Å². The lowest BCUT2D eigenvalue weighted by Crippen LogP contribution is -1.94. The monoisotopic (exact) mass is 326 g/mol. The molecule has 2 heterocycles. The molecule has 0 aliphatic carbocycles. The number of aromatic nitrogens is 3. The highest BCUT2D eigenvalue weighted by Crippen LogP contribution is 2.28. The molecular formula is C20H14N4O. The Hall–Kier alpha value is -3.65. The van der Waals surface area contributed by atoms with Gasteiger partial charge in [-0.25, -0.2) is 4.98 Å². The second-order valence-corrected chi connectivity index (χ2v) is 5.61. The molecule has 0 radical (unpaired) electrons. The maximum atomic E-state index is 9.36. The molecule has 120 valence electrons. The molecular weight excluding hydrogens is 312 g/mol. The molecule has 0 saturated heterocycles. The Morgan fingerprint density at radius 2 is 2.00 bits per heavy atom. The van der Waals surface area contributed by atoms with Crippen molar-refractivity contribution in [3.05, 3.63) is 84.1 Å². The van der Waals surface area contributed by atoms with Crippen LogP contribution in [0.1, 0.15) is 17.0 Å². The van der Waals surface area contributed by atoms with Gasteiger partial charge in [0.05, 0.1) is 11.1 Å². The summed E-state index contributed by atoms with van der Waals surface area (Å²) in [5.41, 5.74) is 2.42. The van der Waals surface area contributed by atoms with Crippen LogP contribution < -0.4 is 4.74 Å². The average molecular weight is 326 g/mol. The number of ether oxygens (including phenoxy) is 1. The molecule has 0 bridgehead atoms. The molecule has 0 saturated carbocycles. The van der Waals surface area contributed by atoms with Crippen LogP contribution in [0.15, 0.2) is 67.1 Å². The molecule has 1 N–H and O–H groups in total. The minimum absolute atomic E-state index is 0.495. The molecule has 4 aromatic rings. The van der Waals surface area contributed by atoms with E-state index in [9.17, 15) is 5.26 Å². The summed E-state index contributed by atoms with van der Waals surface area (Å²) in [7, 11) is 0. The third kappa shape index (κ3) is 3.19.